The molecule has 0 saturated carbocycles. The molecule has 2 rings (SSSR count). The SMILES string of the molecule is NCCC1CCCN(C(=O)CNC(=O)c2ncccc2O)C1. The number of aromatic hydroxyl groups is 1. The molecule has 7 heteroatoms. The van der Waals surface area contributed by atoms with Gasteiger partial charge in [0.15, 0.2) is 5.69 Å². The summed E-state index contributed by atoms with van der Waals surface area (Å²) in [7, 11) is 0. The molecule has 0 spiro atoms. The number of carbonyl (C=O) groups is 2. The maximum atomic E-state index is 12.2. The number of nitrogens with one attached hydrogen (secondary N) is 1. The van der Waals surface area contributed by atoms with Crippen LogP contribution in [-0.2, 0) is 4.79 Å². The van der Waals surface area contributed by atoms with Crippen molar-refractivity contribution in [2.45, 2.75) is 19.3 Å². The van der Waals surface area contributed by atoms with Gasteiger partial charge in [-0.1, -0.05) is 0 Å². The Labute approximate surface area is 129 Å². The highest BCUT2D eigenvalue weighted by Crippen LogP contribution is 2.19. The fraction of sp³-hybridized carbons (Fsp3) is 0.533. The van der Waals surface area contributed by atoms with Gasteiger partial charge in [-0.15, -0.1) is 0 Å². The fourth-order valence-electron chi connectivity index (χ4n) is 2.69. The van der Waals surface area contributed by atoms with Crippen LogP contribution in [0.25, 0.3) is 0 Å². The molecule has 2 amide bonds. The predicted molar refractivity (Wildman–Crippen MR) is 81.2 cm³/mol. The van der Waals surface area contributed by atoms with Crippen LogP contribution in [0.2, 0.25) is 0 Å². The Hall–Kier alpha value is -2.15. The van der Waals surface area contributed by atoms with E-state index in [1.54, 1.807) is 4.90 Å². The quantitative estimate of drug-likeness (QED) is 0.715. The van der Waals surface area contributed by atoms with Gasteiger partial charge < -0.3 is 21.1 Å². The normalized spacial score (nSPS) is 18.0. The molecule has 1 saturated heterocycles. The molecular formula is C15H22N4O3. The molecule has 7 nitrogen and oxygen atoms in total. The zero-order valence-electron chi connectivity index (χ0n) is 12.5. The van der Waals surface area contributed by atoms with Crippen LogP contribution < -0.4 is 11.1 Å². The Morgan fingerprint density at radius 2 is 2.32 bits per heavy atom. The lowest BCUT2D eigenvalue weighted by atomic mass is 9.95. The maximum absolute atomic E-state index is 12.2. The van der Waals surface area contributed by atoms with Gasteiger partial charge in [0.25, 0.3) is 5.91 Å². The molecule has 22 heavy (non-hydrogen) atoms. The topological polar surface area (TPSA) is 109 Å². The molecule has 1 fully saturated rings. The lowest BCUT2D eigenvalue weighted by molar-refractivity contribution is -0.131. The van der Waals surface area contributed by atoms with E-state index in [2.05, 4.69) is 10.3 Å². The minimum absolute atomic E-state index is 0.0741. The molecule has 120 valence electrons. The van der Waals surface area contributed by atoms with Crippen LogP contribution in [0, 0.1) is 5.92 Å². The van der Waals surface area contributed by atoms with Crippen molar-refractivity contribution >= 4 is 11.8 Å². The molecule has 0 aliphatic carbocycles. The van der Waals surface area contributed by atoms with Crippen molar-refractivity contribution in [2.75, 3.05) is 26.2 Å². The molecule has 1 unspecified atom stereocenters. The second-order valence-electron chi connectivity index (χ2n) is 5.48. The standard InChI is InChI=1S/C15H22N4O3/c16-6-5-11-3-2-8-19(10-11)13(21)9-18-15(22)14-12(20)4-1-7-17-14/h1,4,7,11,20H,2-3,5-6,8-10,16H2,(H,18,22). The van der Waals surface area contributed by atoms with Crippen molar-refractivity contribution < 1.29 is 14.7 Å². The third-order valence-corrected chi connectivity index (χ3v) is 3.85. The van der Waals surface area contributed by atoms with Crippen LogP contribution >= 0.6 is 0 Å². The summed E-state index contributed by atoms with van der Waals surface area (Å²) in [5, 5.41) is 12.1. The summed E-state index contributed by atoms with van der Waals surface area (Å²) < 4.78 is 0. The lowest BCUT2D eigenvalue weighted by Crippen LogP contribution is -2.45. The second kappa shape index (κ2) is 7.74. The Bertz CT molecular complexity index is 533. The van der Waals surface area contributed by atoms with E-state index in [-0.39, 0.29) is 23.9 Å². The molecule has 0 bridgehead atoms. The number of carbonyl (C=O) groups excluding carboxylic acids is 2. The third kappa shape index (κ3) is 4.17. The average molecular weight is 306 g/mol. The van der Waals surface area contributed by atoms with E-state index in [1.807, 2.05) is 0 Å². The summed E-state index contributed by atoms with van der Waals surface area (Å²) in [6.07, 6.45) is 4.39. The highest BCUT2D eigenvalue weighted by atomic mass is 16.3. The van der Waals surface area contributed by atoms with Gasteiger partial charge in [0, 0.05) is 19.3 Å². The van der Waals surface area contributed by atoms with Crippen molar-refractivity contribution in [2.24, 2.45) is 11.7 Å². The number of rotatable bonds is 5. The van der Waals surface area contributed by atoms with Crippen molar-refractivity contribution in [1.29, 1.82) is 0 Å². The van der Waals surface area contributed by atoms with E-state index >= 15 is 0 Å². The summed E-state index contributed by atoms with van der Waals surface area (Å²) in [4.78, 5) is 29.6. The molecule has 1 aliphatic heterocycles. The number of pyridine rings is 1. The first-order chi connectivity index (χ1) is 10.6. The molecule has 4 N–H and O–H groups in total. The van der Waals surface area contributed by atoms with Gasteiger partial charge >= 0.3 is 0 Å². The average Bonchev–Trinajstić information content (AvgIpc) is 2.53. The van der Waals surface area contributed by atoms with E-state index in [4.69, 9.17) is 5.73 Å². The minimum atomic E-state index is -0.554. The number of likely N-dealkylation sites (tertiary alicyclic amines) is 1. The van der Waals surface area contributed by atoms with E-state index in [1.165, 1.54) is 18.3 Å². The first-order valence-corrected chi connectivity index (χ1v) is 7.52. The monoisotopic (exact) mass is 306 g/mol. The Kier molecular flexibility index (Phi) is 5.71. The number of piperidine rings is 1. The van der Waals surface area contributed by atoms with Crippen LogP contribution in [0.15, 0.2) is 18.3 Å². The molecule has 1 aromatic rings. The van der Waals surface area contributed by atoms with Crippen molar-refractivity contribution in [3.05, 3.63) is 24.0 Å². The number of amides is 2. The summed E-state index contributed by atoms with van der Waals surface area (Å²) >= 11 is 0. The molecule has 2 heterocycles. The van der Waals surface area contributed by atoms with Gasteiger partial charge in [-0.3, -0.25) is 9.59 Å². The van der Waals surface area contributed by atoms with E-state index in [0.717, 1.165) is 19.3 Å². The van der Waals surface area contributed by atoms with Crippen LogP contribution in [0.1, 0.15) is 29.8 Å². The summed E-state index contributed by atoms with van der Waals surface area (Å²) in [6.45, 7) is 1.94. The van der Waals surface area contributed by atoms with Crippen molar-refractivity contribution in [1.82, 2.24) is 15.2 Å². The van der Waals surface area contributed by atoms with Crippen LogP contribution in [0.3, 0.4) is 0 Å². The molecule has 1 atom stereocenters. The summed E-state index contributed by atoms with van der Waals surface area (Å²) in [6, 6.07) is 2.91. The molecule has 0 aromatic carbocycles. The van der Waals surface area contributed by atoms with Gasteiger partial charge in [-0.2, -0.15) is 0 Å². The summed E-state index contributed by atoms with van der Waals surface area (Å²) in [5.41, 5.74) is 5.49. The van der Waals surface area contributed by atoms with Gasteiger partial charge in [0.05, 0.1) is 6.54 Å². The number of hydrogen-bond acceptors (Lipinski definition) is 5. The predicted octanol–water partition coefficient (Wildman–Crippen LogP) is 0.104. The van der Waals surface area contributed by atoms with Crippen molar-refractivity contribution in [3.8, 4) is 5.75 Å². The largest absolute Gasteiger partial charge is 0.505 e. The van der Waals surface area contributed by atoms with Gasteiger partial charge in [-0.05, 0) is 43.9 Å². The highest BCUT2D eigenvalue weighted by molar-refractivity contribution is 5.96. The Balaban J connectivity index is 1.85. The third-order valence-electron chi connectivity index (χ3n) is 3.85. The lowest BCUT2D eigenvalue weighted by Gasteiger charge is -2.32. The number of hydrogen-bond donors (Lipinski definition) is 3. The van der Waals surface area contributed by atoms with Gasteiger partial charge in [0.2, 0.25) is 5.91 Å². The fourth-order valence-corrected chi connectivity index (χ4v) is 2.69. The Morgan fingerprint density at radius 3 is 3.05 bits per heavy atom. The summed E-state index contributed by atoms with van der Waals surface area (Å²) in [5.74, 6) is -0.431. The van der Waals surface area contributed by atoms with Gasteiger partial charge in [-0.25, -0.2) is 4.98 Å². The van der Waals surface area contributed by atoms with Crippen molar-refractivity contribution in [3.63, 3.8) is 0 Å². The zero-order valence-corrected chi connectivity index (χ0v) is 12.5. The number of nitrogens with zero attached hydrogens (tertiary/aromatic N) is 2. The second-order valence-corrected chi connectivity index (χ2v) is 5.48. The molecule has 1 aliphatic rings. The van der Waals surface area contributed by atoms with Crippen LogP contribution in [0.4, 0.5) is 0 Å². The first-order valence-electron chi connectivity index (χ1n) is 7.52. The molecular weight excluding hydrogens is 284 g/mol. The van der Waals surface area contributed by atoms with Crippen LogP contribution in [0.5, 0.6) is 5.75 Å². The molecule has 1 aromatic heterocycles. The highest BCUT2D eigenvalue weighted by Gasteiger charge is 2.23. The van der Waals surface area contributed by atoms with E-state index in [0.29, 0.717) is 25.6 Å². The zero-order chi connectivity index (χ0) is 15.9. The molecule has 0 radical (unpaired) electrons. The van der Waals surface area contributed by atoms with E-state index in [9.17, 15) is 14.7 Å². The smallest absolute Gasteiger partial charge is 0.274 e. The first kappa shape index (κ1) is 16.2. The Morgan fingerprint density at radius 1 is 1.50 bits per heavy atom. The number of aromatic nitrogens is 1. The minimum Gasteiger partial charge on any atom is -0.505 e. The van der Waals surface area contributed by atoms with Gasteiger partial charge in [0.1, 0.15) is 5.75 Å². The van der Waals surface area contributed by atoms with E-state index < -0.39 is 5.91 Å². The maximum Gasteiger partial charge on any atom is 0.274 e. The number of nitrogens with two attached hydrogens (primary N) is 1. The van der Waals surface area contributed by atoms with Crippen LogP contribution in [-0.4, -0.2) is 53.0 Å².